The molecule has 0 radical (unpaired) electrons. The number of nitrogen functional groups attached to an aromatic ring is 1. The highest BCUT2D eigenvalue weighted by Gasteiger charge is 2.17. The van der Waals surface area contributed by atoms with Crippen molar-refractivity contribution in [2.24, 2.45) is 0 Å². The number of carbonyl (C=O) groups is 1. The van der Waals surface area contributed by atoms with Crippen LogP contribution in [0.15, 0.2) is 12.3 Å². The van der Waals surface area contributed by atoms with Gasteiger partial charge < -0.3 is 16.0 Å². The fourth-order valence-electron chi connectivity index (χ4n) is 2.25. The molecule has 1 amide bonds. The molecule has 2 aromatic rings. The average Bonchev–Trinajstić information content (AvgIpc) is 2.99. The summed E-state index contributed by atoms with van der Waals surface area (Å²) in [6, 6.07) is 1.82. The number of amides is 1. The minimum atomic E-state index is 0.515. The number of hydrogen-bond donors (Lipinski definition) is 2. The molecule has 3 N–H and O–H groups in total. The highest BCUT2D eigenvalue weighted by atomic mass is 16.1. The number of fused-ring (bicyclic) bond motifs is 1. The maximum absolute atomic E-state index is 10.5. The highest BCUT2D eigenvalue weighted by molar-refractivity contribution is 5.81. The van der Waals surface area contributed by atoms with E-state index in [0.717, 1.165) is 18.9 Å². The maximum Gasteiger partial charge on any atom is 0.211 e. The van der Waals surface area contributed by atoms with Crippen LogP contribution in [0.4, 0.5) is 17.3 Å². The third-order valence-electron chi connectivity index (χ3n) is 3.13. The van der Waals surface area contributed by atoms with E-state index in [-0.39, 0.29) is 0 Å². The Morgan fingerprint density at radius 1 is 1.39 bits per heavy atom. The molecule has 1 saturated heterocycles. The van der Waals surface area contributed by atoms with Crippen LogP contribution >= 0.6 is 0 Å². The molecule has 2 aromatic heterocycles. The van der Waals surface area contributed by atoms with Gasteiger partial charge in [-0.2, -0.15) is 9.61 Å². The van der Waals surface area contributed by atoms with Gasteiger partial charge in [-0.05, 0) is 12.8 Å². The number of anilines is 3. The van der Waals surface area contributed by atoms with Crippen molar-refractivity contribution >= 4 is 29.4 Å². The zero-order chi connectivity index (χ0) is 12.5. The number of hydrogen-bond acceptors (Lipinski definition) is 5. The van der Waals surface area contributed by atoms with Gasteiger partial charge in [0.1, 0.15) is 17.3 Å². The van der Waals surface area contributed by atoms with Gasteiger partial charge in [-0.25, -0.2) is 4.98 Å². The lowest BCUT2D eigenvalue weighted by molar-refractivity contribution is -0.105. The first-order valence-electron chi connectivity index (χ1n) is 5.89. The number of nitrogens with zero attached hydrogens (tertiary/aromatic N) is 4. The van der Waals surface area contributed by atoms with Gasteiger partial charge in [-0.15, -0.1) is 0 Å². The summed E-state index contributed by atoms with van der Waals surface area (Å²) in [7, 11) is 0. The van der Waals surface area contributed by atoms with Gasteiger partial charge in [-0.1, -0.05) is 0 Å². The van der Waals surface area contributed by atoms with Crippen molar-refractivity contribution in [2.45, 2.75) is 12.8 Å². The molecule has 94 valence electrons. The van der Waals surface area contributed by atoms with E-state index < -0.39 is 0 Å². The molecule has 0 saturated carbocycles. The van der Waals surface area contributed by atoms with Crippen LogP contribution in [0.5, 0.6) is 0 Å². The largest absolute Gasteiger partial charge is 0.383 e. The van der Waals surface area contributed by atoms with E-state index in [1.165, 1.54) is 17.4 Å². The van der Waals surface area contributed by atoms with Gasteiger partial charge in [-0.3, -0.25) is 4.79 Å². The normalized spacial score (nSPS) is 15.2. The Balaban J connectivity index is 2.10. The molecule has 0 bridgehead atoms. The van der Waals surface area contributed by atoms with Crippen molar-refractivity contribution in [1.29, 1.82) is 0 Å². The molecule has 0 atom stereocenters. The minimum absolute atomic E-state index is 0.515. The lowest BCUT2D eigenvalue weighted by Gasteiger charge is -2.17. The lowest BCUT2D eigenvalue weighted by Crippen LogP contribution is -2.20. The Kier molecular flexibility index (Phi) is 2.51. The van der Waals surface area contributed by atoms with Crippen molar-refractivity contribution in [3.8, 4) is 0 Å². The first-order valence-corrected chi connectivity index (χ1v) is 5.89. The Morgan fingerprint density at radius 2 is 2.17 bits per heavy atom. The Labute approximate surface area is 104 Å². The van der Waals surface area contributed by atoms with Crippen LogP contribution < -0.4 is 16.0 Å². The molecule has 3 rings (SSSR count). The van der Waals surface area contributed by atoms with E-state index in [4.69, 9.17) is 5.73 Å². The molecule has 0 spiro atoms. The van der Waals surface area contributed by atoms with Crippen molar-refractivity contribution < 1.29 is 4.79 Å². The maximum atomic E-state index is 10.5. The van der Waals surface area contributed by atoms with Gasteiger partial charge in [0, 0.05) is 19.2 Å². The number of aromatic nitrogens is 3. The SMILES string of the molecule is Nc1cc(N2CCCC2)nc2c(NC=O)cnn12. The van der Waals surface area contributed by atoms with E-state index in [9.17, 15) is 4.79 Å². The second kappa shape index (κ2) is 4.17. The van der Waals surface area contributed by atoms with Crippen LogP contribution in [-0.4, -0.2) is 34.1 Å². The third kappa shape index (κ3) is 1.64. The van der Waals surface area contributed by atoms with Crippen LogP contribution in [0.25, 0.3) is 5.65 Å². The van der Waals surface area contributed by atoms with Gasteiger partial charge in [0.15, 0.2) is 5.65 Å². The molecule has 7 nitrogen and oxygen atoms in total. The fourth-order valence-corrected chi connectivity index (χ4v) is 2.25. The van der Waals surface area contributed by atoms with Crippen molar-refractivity contribution in [3.05, 3.63) is 12.3 Å². The molecule has 1 aliphatic rings. The van der Waals surface area contributed by atoms with Crippen LogP contribution in [-0.2, 0) is 4.79 Å². The van der Waals surface area contributed by atoms with Crippen LogP contribution in [0.3, 0.4) is 0 Å². The average molecular weight is 246 g/mol. The van der Waals surface area contributed by atoms with Gasteiger partial charge >= 0.3 is 0 Å². The number of rotatable bonds is 3. The Bertz CT molecular complexity index is 586. The molecule has 7 heteroatoms. The summed E-state index contributed by atoms with van der Waals surface area (Å²) in [6.07, 6.45) is 4.50. The molecule has 3 heterocycles. The van der Waals surface area contributed by atoms with Crippen LogP contribution in [0.2, 0.25) is 0 Å². The van der Waals surface area contributed by atoms with E-state index in [1.54, 1.807) is 6.20 Å². The monoisotopic (exact) mass is 246 g/mol. The van der Waals surface area contributed by atoms with Crippen LogP contribution in [0, 0.1) is 0 Å². The topological polar surface area (TPSA) is 88.5 Å². The molecule has 1 aliphatic heterocycles. The van der Waals surface area contributed by atoms with Gasteiger partial charge in [0.05, 0.1) is 6.20 Å². The summed E-state index contributed by atoms with van der Waals surface area (Å²) in [5, 5.41) is 6.67. The predicted octanol–water partition coefficient (Wildman–Crippen LogP) is 0.480. The standard InChI is InChI=1S/C11H14N6O/c12-9-5-10(16-3-1-2-4-16)15-11-8(13-7-18)6-14-17(9)11/h5-7H,1-4,12H2,(H,13,18). The van der Waals surface area contributed by atoms with Gasteiger partial charge in [0.2, 0.25) is 6.41 Å². The number of carbonyl (C=O) groups excluding carboxylic acids is 1. The number of nitrogens with one attached hydrogen (secondary N) is 1. The van der Waals surface area contributed by atoms with Crippen LogP contribution in [0.1, 0.15) is 12.8 Å². The molecular weight excluding hydrogens is 232 g/mol. The predicted molar refractivity (Wildman–Crippen MR) is 68.5 cm³/mol. The van der Waals surface area contributed by atoms with E-state index in [1.807, 2.05) is 6.07 Å². The van der Waals surface area contributed by atoms with Crippen molar-refractivity contribution in [1.82, 2.24) is 14.6 Å². The molecule has 1 fully saturated rings. The highest BCUT2D eigenvalue weighted by Crippen LogP contribution is 2.24. The third-order valence-corrected chi connectivity index (χ3v) is 3.13. The summed E-state index contributed by atoms with van der Waals surface area (Å²) >= 11 is 0. The summed E-state index contributed by atoms with van der Waals surface area (Å²) in [5.74, 6) is 1.35. The zero-order valence-electron chi connectivity index (χ0n) is 9.83. The summed E-state index contributed by atoms with van der Waals surface area (Å²) in [5.41, 5.74) is 7.09. The molecule has 18 heavy (non-hydrogen) atoms. The second-order valence-corrected chi connectivity index (χ2v) is 4.29. The first-order chi connectivity index (χ1) is 8.79. The van der Waals surface area contributed by atoms with Gasteiger partial charge in [0.25, 0.3) is 0 Å². The quantitative estimate of drug-likeness (QED) is 0.769. The zero-order valence-corrected chi connectivity index (χ0v) is 9.83. The minimum Gasteiger partial charge on any atom is -0.383 e. The molecule has 0 aromatic carbocycles. The smallest absolute Gasteiger partial charge is 0.211 e. The molecule has 0 aliphatic carbocycles. The Morgan fingerprint density at radius 3 is 2.89 bits per heavy atom. The van der Waals surface area contributed by atoms with E-state index in [0.29, 0.717) is 23.6 Å². The summed E-state index contributed by atoms with van der Waals surface area (Å²) < 4.78 is 1.52. The lowest BCUT2D eigenvalue weighted by atomic mass is 10.4. The van der Waals surface area contributed by atoms with E-state index in [2.05, 4.69) is 20.3 Å². The second-order valence-electron chi connectivity index (χ2n) is 4.29. The molecule has 0 unspecified atom stereocenters. The summed E-state index contributed by atoms with van der Waals surface area (Å²) in [6.45, 7) is 1.99. The van der Waals surface area contributed by atoms with Crippen molar-refractivity contribution in [3.63, 3.8) is 0 Å². The fraction of sp³-hybridized carbons (Fsp3) is 0.364. The molecular formula is C11H14N6O. The van der Waals surface area contributed by atoms with Crippen molar-refractivity contribution in [2.75, 3.05) is 29.0 Å². The Hall–Kier alpha value is -2.31. The summed E-state index contributed by atoms with van der Waals surface area (Å²) in [4.78, 5) is 17.2. The van der Waals surface area contributed by atoms with E-state index >= 15 is 0 Å². The first kappa shape index (κ1) is 10.8. The number of nitrogens with two attached hydrogens (primary N) is 1.